The number of carbonyl (C=O) groups excluding carboxylic acids is 3. The van der Waals surface area contributed by atoms with Crippen molar-refractivity contribution in [2.24, 2.45) is 28.1 Å². The van der Waals surface area contributed by atoms with Crippen molar-refractivity contribution in [1.29, 1.82) is 0 Å². The summed E-state index contributed by atoms with van der Waals surface area (Å²) in [6.45, 7) is 4.00. The van der Waals surface area contributed by atoms with Crippen LogP contribution in [0.5, 0.6) is 0 Å². The summed E-state index contributed by atoms with van der Waals surface area (Å²) in [5.41, 5.74) is 18.1. The molecule has 0 aliphatic rings. The maximum atomic E-state index is 13.5. The zero-order valence-electron chi connectivity index (χ0n) is 24.3. The number of carboxylic acid groups (broad SMARTS) is 2. The molecule has 3 amide bonds. The van der Waals surface area contributed by atoms with E-state index in [1.807, 2.05) is 38.1 Å². The summed E-state index contributed by atoms with van der Waals surface area (Å²) in [5, 5.41) is 27.0. The fourth-order valence-corrected chi connectivity index (χ4v) is 4.43. The number of aliphatic carboxylic acids is 2. The molecule has 15 heteroatoms. The molecule has 15 nitrogen and oxygen atoms in total. The van der Waals surface area contributed by atoms with Crippen LogP contribution in [0.3, 0.4) is 0 Å². The van der Waals surface area contributed by atoms with Gasteiger partial charge in [-0.2, -0.15) is 0 Å². The average molecular weight is 603 g/mol. The number of nitrogens with two attached hydrogens (primary N) is 3. The van der Waals surface area contributed by atoms with E-state index in [4.69, 9.17) is 22.3 Å². The first-order chi connectivity index (χ1) is 20.3. The number of aromatic amines is 1. The number of benzene rings is 1. The molecule has 1 aromatic carbocycles. The van der Waals surface area contributed by atoms with Gasteiger partial charge in [-0.3, -0.25) is 24.2 Å². The molecule has 2 aromatic rings. The number of nitrogens with one attached hydrogen (secondary N) is 4. The van der Waals surface area contributed by atoms with Gasteiger partial charge in [-0.15, -0.1) is 0 Å². The normalized spacial score (nSPS) is 13.9. The van der Waals surface area contributed by atoms with E-state index in [1.165, 1.54) is 0 Å². The molecule has 0 saturated carbocycles. The van der Waals surface area contributed by atoms with Gasteiger partial charge < -0.3 is 48.3 Å². The van der Waals surface area contributed by atoms with Gasteiger partial charge in [0, 0.05) is 36.5 Å². The molecule has 43 heavy (non-hydrogen) atoms. The highest BCUT2D eigenvalue weighted by atomic mass is 16.4. The maximum Gasteiger partial charge on any atom is 0.326 e. The van der Waals surface area contributed by atoms with E-state index in [0.29, 0.717) is 12.0 Å². The van der Waals surface area contributed by atoms with Crippen molar-refractivity contribution in [2.45, 2.75) is 76.5 Å². The minimum absolute atomic E-state index is 0.0144. The van der Waals surface area contributed by atoms with Gasteiger partial charge in [-0.25, -0.2) is 4.79 Å². The molecule has 4 atom stereocenters. The first-order valence-corrected chi connectivity index (χ1v) is 14.0. The van der Waals surface area contributed by atoms with E-state index in [1.54, 1.807) is 6.20 Å². The second-order valence-electron chi connectivity index (χ2n) is 10.7. The van der Waals surface area contributed by atoms with Crippen LogP contribution in [-0.4, -0.2) is 81.5 Å². The van der Waals surface area contributed by atoms with Crippen molar-refractivity contribution < 1.29 is 34.2 Å². The first-order valence-electron chi connectivity index (χ1n) is 14.0. The van der Waals surface area contributed by atoms with Gasteiger partial charge in [-0.05, 0) is 43.2 Å². The quantitative estimate of drug-likeness (QED) is 0.0602. The number of guanidine groups is 1. The molecule has 0 fully saturated rings. The number of carbonyl (C=O) groups is 5. The monoisotopic (exact) mass is 602 g/mol. The lowest BCUT2D eigenvalue weighted by atomic mass is 10.00. The third-order valence-electron chi connectivity index (χ3n) is 6.64. The van der Waals surface area contributed by atoms with Crippen LogP contribution >= 0.6 is 0 Å². The molecule has 4 unspecified atom stereocenters. The van der Waals surface area contributed by atoms with Crippen LogP contribution in [0, 0.1) is 5.92 Å². The van der Waals surface area contributed by atoms with E-state index in [-0.39, 0.29) is 44.1 Å². The number of nitrogens with zero attached hydrogens (tertiary/aromatic N) is 1. The fraction of sp³-hybridized carbons (Fsp3) is 0.500. The fourth-order valence-electron chi connectivity index (χ4n) is 4.43. The summed E-state index contributed by atoms with van der Waals surface area (Å²) in [6.07, 6.45) is 1.77. The van der Waals surface area contributed by atoms with Crippen molar-refractivity contribution in [3.8, 4) is 0 Å². The number of aliphatic imine (C=N–C) groups is 1. The highest BCUT2D eigenvalue weighted by Gasteiger charge is 2.31. The van der Waals surface area contributed by atoms with Crippen LogP contribution in [0.4, 0.5) is 0 Å². The summed E-state index contributed by atoms with van der Waals surface area (Å²) in [5.74, 6) is -4.77. The van der Waals surface area contributed by atoms with Crippen LogP contribution in [0.25, 0.3) is 10.9 Å². The summed E-state index contributed by atoms with van der Waals surface area (Å²) < 4.78 is 0. The third-order valence-corrected chi connectivity index (χ3v) is 6.64. The predicted molar refractivity (Wildman–Crippen MR) is 160 cm³/mol. The topological polar surface area (TPSA) is 268 Å². The van der Waals surface area contributed by atoms with E-state index in [9.17, 15) is 29.1 Å². The Hall–Kier alpha value is -4.66. The molecule has 0 spiro atoms. The molecule has 1 heterocycles. The molecule has 0 aliphatic carbocycles. The van der Waals surface area contributed by atoms with Gasteiger partial charge in [0.15, 0.2) is 5.96 Å². The largest absolute Gasteiger partial charge is 0.481 e. The Morgan fingerprint density at radius 1 is 0.907 bits per heavy atom. The van der Waals surface area contributed by atoms with Crippen LogP contribution in [0.2, 0.25) is 0 Å². The summed E-state index contributed by atoms with van der Waals surface area (Å²) in [4.78, 5) is 69.4. The lowest BCUT2D eigenvalue weighted by Gasteiger charge is -2.26. The Morgan fingerprint density at radius 3 is 2.16 bits per heavy atom. The Morgan fingerprint density at radius 2 is 1.53 bits per heavy atom. The minimum atomic E-state index is -1.49. The van der Waals surface area contributed by atoms with Gasteiger partial charge >= 0.3 is 11.9 Å². The number of hydrogen-bond donors (Lipinski definition) is 9. The molecule has 0 aliphatic heterocycles. The Bertz CT molecular complexity index is 1310. The number of aromatic nitrogens is 1. The second kappa shape index (κ2) is 16.7. The van der Waals surface area contributed by atoms with Gasteiger partial charge in [0.25, 0.3) is 0 Å². The highest BCUT2D eigenvalue weighted by molar-refractivity contribution is 5.95. The summed E-state index contributed by atoms with van der Waals surface area (Å²) >= 11 is 0. The molecule has 0 saturated heterocycles. The standard InChI is InChI=1S/C28H42N8O7/c1-15(2)12-21(35-24(39)18(29)7-5-11-32-28(30)31)25(40)36-22(13-16-14-33-19-8-4-3-6-17(16)19)26(41)34-20(27(42)43)9-10-23(37)38/h3-4,6,8,14-15,18,20-22,33H,5,7,9-13,29H2,1-2H3,(H,34,41)(H,35,39)(H,36,40)(H,37,38)(H,42,43)(H4,30,31,32). The zero-order valence-corrected chi connectivity index (χ0v) is 24.3. The number of H-pyrrole nitrogens is 1. The van der Waals surface area contributed by atoms with E-state index >= 15 is 0 Å². The molecular formula is C28H42N8O7. The van der Waals surface area contributed by atoms with Crippen LogP contribution < -0.4 is 33.2 Å². The summed E-state index contributed by atoms with van der Waals surface area (Å²) in [7, 11) is 0. The van der Waals surface area contributed by atoms with Gasteiger partial charge in [0.2, 0.25) is 17.7 Å². The van der Waals surface area contributed by atoms with E-state index in [0.717, 1.165) is 10.9 Å². The third kappa shape index (κ3) is 11.6. The number of para-hydroxylation sites is 1. The van der Waals surface area contributed by atoms with Crippen molar-refractivity contribution >= 4 is 46.5 Å². The number of amides is 3. The number of hydrogen-bond acceptors (Lipinski definition) is 7. The molecule has 0 bridgehead atoms. The maximum absolute atomic E-state index is 13.5. The van der Waals surface area contributed by atoms with Crippen molar-refractivity contribution in [2.75, 3.05) is 6.54 Å². The number of fused-ring (bicyclic) bond motifs is 1. The smallest absolute Gasteiger partial charge is 0.326 e. The first kappa shape index (κ1) is 34.5. The van der Waals surface area contributed by atoms with Crippen LogP contribution in [-0.2, 0) is 30.4 Å². The Kier molecular flexibility index (Phi) is 13.4. The van der Waals surface area contributed by atoms with Crippen molar-refractivity contribution in [1.82, 2.24) is 20.9 Å². The van der Waals surface area contributed by atoms with Crippen molar-refractivity contribution in [3.05, 3.63) is 36.0 Å². The van der Waals surface area contributed by atoms with Gasteiger partial charge in [0.05, 0.1) is 6.04 Å². The second-order valence-corrected chi connectivity index (χ2v) is 10.7. The van der Waals surface area contributed by atoms with Gasteiger partial charge in [-0.1, -0.05) is 32.0 Å². The average Bonchev–Trinajstić information content (AvgIpc) is 3.34. The number of carboxylic acids is 2. The SMILES string of the molecule is CC(C)CC(NC(=O)C(N)CCCN=C(N)N)C(=O)NC(Cc1c[nH]c2ccccc12)C(=O)NC(CCC(=O)O)C(=O)O. The Labute approximate surface area is 249 Å². The van der Waals surface area contributed by atoms with Crippen LogP contribution in [0.1, 0.15) is 51.5 Å². The summed E-state index contributed by atoms with van der Waals surface area (Å²) in [6, 6.07) is 2.60. The molecule has 12 N–H and O–H groups in total. The van der Waals surface area contributed by atoms with Gasteiger partial charge in [0.1, 0.15) is 18.1 Å². The molecular weight excluding hydrogens is 560 g/mol. The Balaban J connectivity index is 2.26. The minimum Gasteiger partial charge on any atom is -0.481 e. The molecule has 236 valence electrons. The highest BCUT2D eigenvalue weighted by Crippen LogP contribution is 2.19. The van der Waals surface area contributed by atoms with Crippen molar-refractivity contribution in [3.63, 3.8) is 0 Å². The van der Waals surface area contributed by atoms with Crippen LogP contribution in [0.15, 0.2) is 35.5 Å². The molecule has 1 aromatic heterocycles. The lowest BCUT2D eigenvalue weighted by molar-refractivity contribution is -0.143. The number of rotatable bonds is 18. The lowest BCUT2D eigenvalue weighted by Crippen LogP contribution is -2.57. The zero-order chi connectivity index (χ0) is 32.1. The molecule has 2 rings (SSSR count). The van der Waals surface area contributed by atoms with E-state index in [2.05, 4.69) is 25.9 Å². The predicted octanol–water partition coefficient (Wildman–Crippen LogP) is -0.459. The molecule has 0 radical (unpaired) electrons. The van der Waals surface area contributed by atoms with E-state index < -0.39 is 60.2 Å².